The second-order valence-electron chi connectivity index (χ2n) is 2.40. The van der Waals surface area contributed by atoms with Crippen LogP contribution >= 0.6 is 0 Å². The molecule has 12 heavy (non-hydrogen) atoms. The highest BCUT2D eigenvalue weighted by atomic mass is 19.1. The third-order valence-corrected chi connectivity index (χ3v) is 1.53. The number of rotatable bonds is 1. The molecular formula is C8H7FN2O. The largest absolute Gasteiger partial charge is 0.474 e. The molecule has 1 aromatic rings. The monoisotopic (exact) mass is 166 g/mol. The van der Waals surface area contributed by atoms with Gasteiger partial charge in [-0.1, -0.05) is 0 Å². The molecule has 0 saturated carbocycles. The van der Waals surface area contributed by atoms with Gasteiger partial charge in [-0.2, -0.15) is 0 Å². The van der Waals surface area contributed by atoms with Gasteiger partial charge >= 0.3 is 0 Å². The van der Waals surface area contributed by atoms with Crippen LogP contribution in [0.15, 0.2) is 23.3 Å². The van der Waals surface area contributed by atoms with Gasteiger partial charge in [-0.25, -0.2) is 14.4 Å². The zero-order chi connectivity index (χ0) is 8.39. The third-order valence-electron chi connectivity index (χ3n) is 1.53. The van der Waals surface area contributed by atoms with Crippen molar-refractivity contribution in [1.29, 1.82) is 0 Å². The second kappa shape index (κ2) is 2.89. The molecule has 0 aromatic carbocycles. The zero-order valence-corrected chi connectivity index (χ0v) is 6.33. The van der Waals surface area contributed by atoms with Crippen molar-refractivity contribution in [2.75, 3.05) is 13.2 Å². The van der Waals surface area contributed by atoms with Crippen LogP contribution in [-0.2, 0) is 4.74 Å². The van der Waals surface area contributed by atoms with E-state index in [1.165, 1.54) is 6.07 Å². The molecule has 0 amide bonds. The van der Waals surface area contributed by atoms with E-state index in [9.17, 15) is 4.39 Å². The summed E-state index contributed by atoms with van der Waals surface area (Å²) in [5, 5.41) is 0. The number of hydrogen-bond acceptors (Lipinski definition) is 3. The van der Waals surface area contributed by atoms with Crippen molar-refractivity contribution in [2.24, 2.45) is 4.99 Å². The van der Waals surface area contributed by atoms with Gasteiger partial charge in [0.1, 0.15) is 18.1 Å². The van der Waals surface area contributed by atoms with E-state index < -0.39 is 0 Å². The highest BCUT2D eigenvalue weighted by Crippen LogP contribution is 2.05. The van der Waals surface area contributed by atoms with Gasteiger partial charge < -0.3 is 4.74 Å². The Morgan fingerprint density at radius 3 is 2.92 bits per heavy atom. The van der Waals surface area contributed by atoms with Crippen LogP contribution in [0.3, 0.4) is 0 Å². The van der Waals surface area contributed by atoms with Crippen LogP contribution < -0.4 is 0 Å². The fourth-order valence-corrected chi connectivity index (χ4v) is 0.992. The summed E-state index contributed by atoms with van der Waals surface area (Å²) >= 11 is 0. The molecule has 1 aliphatic rings. The minimum atomic E-state index is -0.350. The third kappa shape index (κ3) is 1.28. The SMILES string of the molecule is Fc1ccc(C2=NCCO2)nc1. The molecular weight excluding hydrogens is 159 g/mol. The maximum absolute atomic E-state index is 12.4. The van der Waals surface area contributed by atoms with Gasteiger partial charge in [0, 0.05) is 0 Å². The van der Waals surface area contributed by atoms with Crippen LogP contribution in [0.25, 0.3) is 0 Å². The summed E-state index contributed by atoms with van der Waals surface area (Å²) in [4.78, 5) is 7.87. The summed E-state index contributed by atoms with van der Waals surface area (Å²) in [5.74, 6) is 0.160. The molecule has 0 bridgehead atoms. The minimum Gasteiger partial charge on any atom is -0.474 e. The summed E-state index contributed by atoms with van der Waals surface area (Å²) in [7, 11) is 0. The number of halogens is 1. The normalized spacial score (nSPS) is 15.6. The van der Waals surface area contributed by atoms with Crippen molar-refractivity contribution in [3.63, 3.8) is 0 Å². The predicted octanol–water partition coefficient (Wildman–Crippen LogP) is 0.997. The molecule has 0 aliphatic carbocycles. The van der Waals surface area contributed by atoms with Crippen LogP contribution in [0, 0.1) is 5.82 Å². The van der Waals surface area contributed by atoms with E-state index in [-0.39, 0.29) is 5.82 Å². The van der Waals surface area contributed by atoms with Crippen LogP contribution in [0.4, 0.5) is 4.39 Å². The van der Waals surface area contributed by atoms with E-state index in [1.54, 1.807) is 6.07 Å². The van der Waals surface area contributed by atoms with Gasteiger partial charge in [-0.15, -0.1) is 0 Å². The summed E-state index contributed by atoms with van der Waals surface area (Å²) in [6.45, 7) is 1.25. The molecule has 0 N–H and O–H groups in total. The second-order valence-corrected chi connectivity index (χ2v) is 2.40. The van der Waals surface area contributed by atoms with E-state index >= 15 is 0 Å². The first-order chi connectivity index (χ1) is 5.86. The quantitative estimate of drug-likeness (QED) is 0.623. The van der Waals surface area contributed by atoms with Crippen LogP contribution in [-0.4, -0.2) is 24.0 Å². The van der Waals surface area contributed by atoms with E-state index in [0.29, 0.717) is 24.7 Å². The maximum atomic E-state index is 12.4. The van der Waals surface area contributed by atoms with E-state index in [4.69, 9.17) is 4.74 Å². The highest BCUT2D eigenvalue weighted by molar-refractivity contribution is 5.92. The van der Waals surface area contributed by atoms with Crippen molar-refractivity contribution >= 4 is 5.90 Å². The Morgan fingerprint density at radius 1 is 1.42 bits per heavy atom. The number of ether oxygens (including phenoxy) is 1. The van der Waals surface area contributed by atoms with Crippen LogP contribution in [0.1, 0.15) is 5.69 Å². The van der Waals surface area contributed by atoms with Gasteiger partial charge in [-0.05, 0) is 12.1 Å². The summed E-state index contributed by atoms with van der Waals surface area (Å²) in [6, 6.07) is 2.89. The molecule has 2 heterocycles. The zero-order valence-electron chi connectivity index (χ0n) is 6.33. The predicted molar refractivity (Wildman–Crippen MR) is 41.6 cm³/mol. The molecule has 4 heteroatoms. The lowest BCUT2D eigenvalue weighted by Gasteiger charge is -1.98. The minimum absolute atomic E-state index is 0.350. The number of pyridine rings is 1. The van der Waals surface area contributed by atoms with Crippen LogP contribution in [0.2, 0.25) is 0 Å². The van der Waals surface area contributed by atoms with Crippen molar-refractivity contribution in [1.82, 2.24) is 4.98 Å². The van der Waals surface area contributed by atoms with E-state index in [1.807, 2.05) is 0 Å². The molecule has 0 atom stereocenters. The molecule has 1 aliphatic heterocycles. The van der Waals surface area contributed by atoms with Crippen molar-refractivity contribution < 1.29 is 9.13 Å². The molecule has 62 valence electrons. The number of aromatic nitrogens is 1. The first kappa shape index (κ1) is 7.21. The van der Waals surface area contributed by atoms with Crippen molar-refractivity contribution in [3.8, 4) is 0 Å². The molecule has 0 radical (unpaired) electrons. The van der Waals surface area contributed by atoms with Crippen molar-refractivity contribution in [2.45, 2.75) is 0 Å². The Bertz CT molecular complexity index is 307. The molecule has 1 aromatic heterocycles. The average Bonchev–Trinajstić information content (AvgIpc) is 2.58. The fourth-order valence-electron chi connectivity index (χ4n) is 0.992. The molecule has 0 saturated heterocycles. The Kier molecular flexibility index (Phi) is 1.74. The van der Waals surface area contributed by atoms with Crippen molar-refractivity contribution in [3.05, 3.63) is 29.8 Å². The Hall–Kier alpha value is -1.45. The standard InChI is InChI=1S/C8H7FN2O/c9-6-1-2-7(11-5-6)8-10-3-4-12-8/h1-2,5H,3-4H2. The lowest BCUT2D eigenvalue weighted by atomic mass is 10.3. The first-order valence-corrected chi connectivity index (χ1v) is 3.65. The summed E-state index contributed by atoms with van der Waals surface area (Å²) < 4.78 is 17.6. The maximum Gasteiger partial charge on any atom is 0.235 e. The van der Waals surface area contributed by atoms with E-state index in [0.717, 1.165) is 6.20 Å². The van der Waals surface area contributed by atoms with E-state index in [2.05, 4.69) is 9.98 Å². The molecule has 0 spiro atoms. The topological polar surface area (TPSA) is 34.5 Å². The van der Waals surface area contributed by atoms with Gasteiger partial charge in [0.05, 0.1) is 12.7 Å². The lowest BCUT2D eigenvalue weighted by Crippen LogP contribution is -2.03. The van der Waals surface area contributed by atoms with Gasteiger partial charge in [-0.3, -0.25) is 0 Å². The molecule has 2 rings (SSSR count). The Labute approximate surface area is 68.9 Å². The lowest BCUT2D eigenvalue weighted by molar-refractivity contribution is 0.347. The van der Waals surface area contributed by atoms with Gasteiger partial charge in [0.25, 0.3) is 0 Å². The number of nitrogens with zero attached hydrogens (tertiary/aromatic N) is 2. The fraction of sp³-hybridized carbons (Fsp3) is 0.250. The van der Waals surface area contributed by atoms with Gasteiger partial charge in [0.2, 0.25) is 5.90 Å². The molecule has 3 nitrogen and oxygen atoms in total. The molecule has 0 unspecified atom stereocenters. The molecule has 0 fully saturated rings. The highest BCUT2D eigenvalue weighted by Gasteiger charge is 2.10. The van der Waals surface area contributed by atoms with Crippen LogP contribution in [0.5, 0.6) is 0 Å². The summed E-state index contributed by atoms with van der Waals surface area (Å²) in [6.07, 6.45) is 1.15. The Balaban J connectivity index is 2.28. The first-order valence-electron chi connectivity index (χ1n) is 3.65. The smallest absolute Gasteiger partial charge is 0.235 e. The average molecular weight is 166 g/mol. The summed E-state index contributed by atoms with van der Waals surface area (Å²) in [5.41, 5.74) is 0.592. The Morgan fingerprint density at radius 2 is 2.33 bits per heavy atom. The number of hydrogen-bond donors (Lipinski definition) is 0. The number of aliphatic imine (C=N–C) groups is 1. The van der Waals surface area contributed by atoms with Gasteiger partial charge in [0.15, 0.2) is 0 Å².